The van der Waals surface area contributed by atoms with Crippen molar-refractivity contribution in [2.45, 2.75) is 31.9 Å². The third-order valence-electron chi connectivity index (χ3n) is 5.19. The number of hydrogen-bond acceptors (Lipinski definition) is 4. The molecule has 1 N–H and O–H groups in total. The van der Waals surface area contributed by atoms with Crippen LogP contribution in [0, 0.1) is 0 Å². The minimum Gasteiger partial charge on any atom is -0.497 e. The third-order valence-corrected chi connectivity index (χ3v) is 5.19. The fourth-order valence-corrected chi connectivity index (χ4v) is 3.85. The van der Waals surface area contributed by atoms with Crippen LogP contribution in [0.2, 0.25) is 0 Å². The predicted octanol–water partition coefficient (Wildman–Crippen LogP) is 3.82. The molecule has 0 bridgehead atoms. The molecule has 1 unspecified atom stereocenters. The first-order chi connectivity index (χ1) is 13.2. The number of benzene rings is 1. The highest BCUT2D eigenvalue weighted by Gasteiger charge is 2.32. The van der Waals surface area contributed by atoms with E-state index in [0.717, 1.165) is 53.1 Å². The van der Waals surface area contributed by atoms with E-state index in [1.165, 1.54) is 0 Å². The van der Waals surface area contributed by atoms with Gasteiger partial charge in [-0.05, 0) is 48.7 Å². The van der Waals surface area contributed by atoms with Crippen LogP contribution in [-0.4, -0.2) is 36.6 Å². The van der Waals surface area contributed by atoms with E-state index >= 15 is 0 Å². The van der Waals surface area contributed by atoms with Gasteiger partial charge in [-0.15, -0.1) is 0 Å². The SMILES string of the molecule is COCc1ccc(C2CCCN2C(=O)Cc2c[nH]c3ccc(OC)cc23)o1. The zero-order valence-electron chi connectivity index (χ0n) is 15.7. The molecule has 3 heterocycles. The third kappa shape index (κ3) is 3.45. The number of hydrogen-bond donors (Lipinski definition) is 1. The highest BCUT2D eigenvalue weighted by Crippen LogP contribution is 2.34. The molecule has 1 amide bonds. The van der Waals surface area contributed by atoms with Crippen LogP contribution in [0.15, 0.2) is 40.9 Å². The number of methoxy groups -OCH3 is 2. The molecule has 142 valence electrons. The first-order valence-corrected chi connectivity index (χ1v) is 9.20. The van der Waals surface area contributed by atoms with Crippen LogP contribution in [0.3, 0.4) is 0 Å². The number of H-pyrrole nitrogens is 1. The van der Waals surface area contributed by atoms with Crippen LogP contribution in [-0.2, 0) is 22.6 Å². The van der Waals surface area contributed by atoms with Gasteiger partial charge in [-0.1, -0.05) is 0 Å². The Morgan fingerprint density at radius 3 is 3.00 bits per heavy atom. The average molecular weight is 368 g/mol. The molecule has 3 aromatic rings. The van der Waals surface area contributed by atoms with E-state index in [-0.39, 0.29) is 11.9 Å². The van der Waals surface area contributed by atoms with E-state index in [1.54, 1.807) is 14.2 Å². The van der Waals surface area contributed by atoms with Crippen molar-refractivity contribution < 1.29 is 18.7 Å². The van der Waals surface area contributed by atoms with Crippen molar-refractivity contribution in [2.24, 2.45) is 0 Å². The molecule has 1 aliphatic heterocycles. The summed E-state index contributed by atoms with van der Waals surface area (Å²) < 4.78 is 16.3. The monoisotopic (exact) mass is 368 g/mol. The van der Waals surface area contributed by atoms with Gasteiger partial charge in [0, 0.05) is 30.8 Å². The summed E-state index contributed by atoms with van der Waals surface area (Å²) in [5.74, 6) is 2.53. The van der Waals surface area contributed by atoms with Gasteiger partial charge in [0.15, 0.2) is 0 Å². The Morgan fingerprint density at radius 2 is 2.19 bits per heavy atom. The van der Waals surface area contributed by atoms with Crippen molar-refractivity contribution in [2.75, 3.05) is 20.8 Å². The number of rotatable bonds is 6. The molecule has 2 aromatic heterocycles. The van der Waals surface area contributed by atoms with Gasteiger partial charge in [0.25, 0.3) is 0 Å². The standard InChI is InChI=1S/C21H24N2O4/c1-25-13-16-6-8-20(27-16)19-4-3-9-23(19)21(24)10-14-12-22-18-7-5-15(26-2)11-17(14)18/h5-8,11-12,19,22H,3-4,9-10,13H2,1-2H3. The molecule has 1 saturated heterocycles. The van der Waals surface area contributed by atoms with Crippen molar-refractivity contribution in [1.29, 1.82) is 0 Å². The lowest BCUT2D eigenvalue weighted by atomic mass is 10.1. The number of likely N-dealkylation sites (tertiary alicyclic amines) is 1. The van der Waals surface area contributed by atoms with Gasteiger partial charge in [0.2, 0.25) is 5.91 Å². The molecule has 0 radical (unpaired) electrons. The number of carbonyl (C=O) groups is 1. The summed E-state index contributed by atoms with van der Waals surface area (Å²) in [7, 11) is 3.29. The summed E-state index contributed by atoms with van der Waals surface area (Å²) in [5, 5.41) is 1.03. The number of furan rings is 1. The first kappa shape index (κ1) is 17.7. The molecule has 0 spiro atoms. The minimum atomic E-state index is 0.00264. The van der Waals surface area contributed by atoms with Crippen LogP contribution >= 0.6 is 0 Å². The molecule has 1 fully saturated rings. The van der Waals surface area contributed by atoms with Crippen molar-refractivity contribution in [3.05, 3.63) is 53.6 Å². The van der Waals surface area contributed by atoms with Crippen LogP contribution in [0.5, 0.6) is 5.75 Å². The number of aromatic nitrogens is 1. The highest BCUT2D eigenvalue weighted by molar-refractivity contribution is 5.90. The summed E-state index contributed by atoms with van der Waals surface area (Å²) in [4.78, 5) is 18.2. The molecule has 6 heteroatoms. The van der Waals surface area contributed by atoms with Crippen molar-refractivity contribution in [3.8, 4) is 5.75 Å². The lowest BCUT2D eigenvalue weighted by Gasteiger charge is -2.23. The maximum atomic E-state index is 13.0. The van der Waals surface area contributed by atoms with E-state index in [9.17, 15) is 4.79 Å². The van der Waals surface area contributed by atoms with Crippen molar-refractivity contribution in [3.63, 3.8) is 0 Å². The highest BCUT2D eigenvalue weighted by atomic mass is 16.5. The van der Waals surface area contributed by atoms with Gasteiger partial charge in [-0.3, -0.25) is 4.79 Å². The van der Waals surface area contributed by atoms with Gasteiger partial charge in [-0.25, -0.2) is 0 Å². The summed E-state index contributed by atoms with van der Waals surface area (Å²) in [6, 6.07) is 9.74. The number of amides is 1. The first-order valence-electron chi connectivity index (χ1n) is 9.20. The van der Waals surface area contributed by atoms with Crippen LogP contribution in [0.1, 0.15) is 36.0 Å². The summed E-state index contributed by atoms with van der Waals surface area (Å²) >= 11 is 0. The van der Waals surface area contributed by atoms with E-state index in [4.69, 9.17) is 13.9 Å². The second-order valence-electron chi connectivity index (χ2n) is 6.88. The molecule has 1 atom stereocenters. The fourth-order valence-electron chi connectivity index (χ4n) is 3.85. The zero-order chi connectivity index (χ0) is 18.8. The number of aromatic amines is 1. The number of nitrogens with one attached hydrogen (secondary N) is 1. The Hall–Kier alpha value is -2.73. The zero-order valence-corrected chi connectivity index (χ0v) is 15.7. The van der Waals surface area contributed by atoms with Gasteiger partial charge in [0.05, 0.1) is 19.6 Å². The predicted molar refractivity (Wildman–Crippen MR) is 102 cm³/mol. The van der Waals surface area contributed by atoms with Crippen molar-refractivity contribution in [1.82, 2.24) is 9.88 Å². The number of carbonyl (C=O) groups excluding carboxylic acids is 1. The van der Waals surface area contributed by atoms with Crippen LogP contribution in [0.25, 0.3) is 10.9 Å². The second kappa shape index (κ2) is 7.48. The van der Waals surface area contributed by atoms with Gasteiger partial charge in [-0.2, -0.15) is 0 Å². The smallest absolute Gasteiger partial charge is 0.227 e. The Labute approximate surface area is 158 Å². The van der Waals surface area contributed by atoms with E-state index < -0.39 is 0 Å². The summed E-state index contributed by atoms with van der Waals surface area (Å²) in [5.41, 5.74) is 1.99. The average Bonchev–Trinajstić information content (AvgIpc) is 3.41. The quantitative estimate of drug-likeness (QED) is 0.718. The molecule has 27 heavy (non-hydrogen) atoms. The maximum Gasteiger partial charge on any atom is 0.227 e. The minimum absolute atomic E-state index is 0.00264. The van der Waals surface area contributed by atoms with Gasteiger partial charge in [0.1, 0.15) is 23.9 Å². The lowest BCUT2D eigenvalue weighted by Crippen LogP contribution is -2.31. The topological polar surface area (TPSA) is 67.7 Å². The Bertz CT molecular complexity index is 943. The fraction of sp³-hybridized carbons (Fsp3) is 0.381. The van der Waals surface area contributed by atoms with E-state index in [2.05, 4.69) is 4.98 Å². The lowest BCUT2D eigenvalue weighted by molar-refractivity contribution is -0.131. The van der Waals surface area contributed by atoms with Gasteiger partial charge < -0.3 is 23.8 Å². The summed E-state index contributed by atoms with van der Waals surface area (Å²) in [6.45, 7) is 1.20. The molecule has 1 aromatic carbocycles. The molecular weight excluding hydrogens is 344 g/mol. The molecule has 1 aliphatic rings. The van der Waals surface area contributed by atoms with Gasteiger partial charge >= 0.3 is 0 Å². The van der Waals surface area contributed by atoms with Crippen LogP contribution < -0.4 is 4.74 Å². The van der Waals surface area contributed by atoms with Crippen molar-refractivity contribution >= 4 is 16.8 Å². The Kier molecular flexibility index (Phi) is 4.90. The Balaban J connectivity index is 1.53. The normalized spacial score (nSPS) is 17.0. The number of ether oxygens (including phenoxy) is 2. The summed E-state index contributed by atoms with van der Waals surface area (Å²) in [6.07, 6.45) is 4.18. The Morgan fingerprint density at radius 1 is 1.30 bits per heavy atom. The molecule has 6 nitrogen and oxygen atoms in total. The number of fused-ring (bicyclic) bond motifs is 1. The van der Waals surface area contributed by atoms with E-state index in [1.807, 2.05) is 41.4 Å². The maximum absolute atomic E-state index is 13.0. The number of nitrogens with zero attached hydrogens (tertiary/aromatic N) is 1. The van der Waals surface area contributed by atoms with Crippen LogP contribution in [0.4, 0.5) is 0 Å². The molecule has 4 rings (SSSR count). The molecular formula is C21H24N2O4. The second-order valence-corrected chi connectivity index (χ2v) is 6.88. The molecule has 0 saturated carbocycles. The molecule has 0 aliphatic carbocycles. The largest absolute Gasteiger partial charge is 0.497 e. The van der Waals surface area contributed by atoms with E-state index in [0.29, 0.717) is 13.0 Å².